The number of para-hydroxylation sites is 2. The molecule has 7 nitrogen and oxygen atoms in total. The number of tetrazole rings is 1. The molecule has 0 spiro atoms. The van der Waals surface area contributed by atoms with Crippen LogP contribution in [0.3, 0.4) is 0 Å². The maximum Gasteiger partial charge on any atom is 0.253 e. The van der Waals surface area contributed by atoms with Crippen molar-refractivity contribution in [1.29, 1.82) is 0 Å². The third-order valence-corrected chi connectivity index (χ3v) is 4.36. The molecule has 26 heavy (non-hydrogen) atoms. The van der Waals surface area contributed by atoms with Gasteiger partial charge in [-0.3, -0.25) is 4.79 Å². The first-order valence-corrected chi connectivity index (χ1v) is 8.41. The zero-order chi connectivity index (χ0) is 17.9. The molecule has 130 valence electrons. The van der Waals surface area contributed by atoms with Crippen molar-refractivity contribution < 1.29 is 4.79 Å². The molecular weight excluding hydrogens is 328 g/mol. The molecule has 0 unspecified atom stereocenters. The SMILES string of the molecule is Cc1nnnn1-c1ccccc1C(=O)NCCc1c[nH]c2ccccc12. The summed E-state index contributed by atoms with van der Waals surface area (Å²) < 4.78 is 1.56. The van der Waals surface area contributed by atoms with Crippen molar-refractivity contribution in [3.8, 4) is 5.69 Å². The van der Waals surface area contributed by atoms with Gasteiger partial charge in [0.05, 0.1) is 11.3 Å². The minimum absolute atomic E-state index is 0.143. The lowest BCUT2D eigenvalue weighted by molar-refractivity contribution is 0.0954. The van der Waals surface area contributed by atoms with Crippen molar-refractivity contribution in [3.05, 3.63) is 71.7 Å². The first-order chi connectivity index (χ1) is 12.7. The molecule has 2 heterocycles. The number of amides is 1. The van der Waals surface area contributed by atoms with Crippen LogP contribution in [0.25, 0.3) is 16.6 Å². The average Bonchev–Trinajstić information content (AvgIpc) is 3.28. The number of aromatic nitrogens is 5. The van der Waals surface area contributed by atoms with E-state index >= 15 is 0 Å². The van der Waals surface area contributed by atoms with Gasteiger partial charge in [0.2, 0.25) is 0 Å². The predicted octanol–water partition coefficient (Wildman–Crippen LogP) is 2.42. The zero-order valence-corrected chi connectivity index (χ0v) is 14.3. The Hall–Kier alpha value is -3.48. The van der Waals surface area contributed by atoms with Gasteiger partial charge in [-0.2, -0.15) is 4.68 Å². The van der Waals surface area contributed by atoms with Gasteiger partial charge >= 0.3 is 0 Å². The summed E-state index contributed by atoms with van der Waals surface area (Å²) in [6, 6.07) is 15.4. The summed E-state index contributed by atoms with van der Waals surface area (Å²) in [6.45, 7) is 2.34. The van der Waals surface area contributed by atoms with Crippen molar-refractivity contribution in [2.45, 2.75) is 13.3 Å². The third-order valence-electron chi connectivity index (χ3n) is 4.36. The summed E-state index contributed by atoms with van der Waals surface area (Å²) in [5.74, 6) is 0.486. The standard InChI is InChI=1S/C19H18N6O/c1-13-22-23-24-25(13)18-9-5-3-7-16(18)19(26)20-11-10-14-12-21-17-8-4-2-6-15(14)17/h2-9,12,21H,10-11H2,1H3,(H,20,26). The molecule has 0 saturated carbocycles. The highest BCUT2D eigenvalue weighted by molar-refractivity contribution is 5.97. The number of benzene rings is 2. The van der Waals surface area contributed by atoms with Crippen LogP contribution in [0.2, 0.25) is 0 Å². The van der Waals surface area contributed by atoms with Crippen LogP contribution in [-0.2, 0) is 6.42 Å². The number of aryl methyl sites for hydroxylation is 1. The molecule has 0 saturated heterocycles. The second kappa shape index (κ2) is 6.79. The van der Waals surface area contributed by atoms with Crippen LogP contribution in [-0.4, -0.2) is 37.6 Å². The van der Waals surface area contributed by atoms with Crippen LogP contribution in [0.1, 0.15) is 21.7 Å². The fourth-order valence-corrected chi connectivity index (χ4v) is 3.05. The lowest BCUT2D eigenvalue weighted by Crippen LogP contribution is -2.27. The first kappa shape index (κ1) is 16.0. The molecular formula is C19H18N6O. The van der Waals surface area contributed by atoms with Crippen molar-refractivity contribution in [2.24, 2.45) is 0 Å². The van der Waals surface area contributed by atoms with E-state index in [-0.39, 0.29) is 5.91 Å². The van der Waals surface area contributed by atoms with E-state index in [0.29, 0.717) is 23.6 Å². The summed E-state index contributed by atoms with van der Waals surface area (Å²) in [4.78, 5) is 15.9. The molecule has 2 N–H and O–H groups in total. The second-order valence-electron chi connectivity index (χ2n) is 6.02. The quantitative estimate of drug-likeness (QED) is 0.581. The van der Waals surface area contributed by atoms with Gasteiger partial charge in [-0.1, -0.05) is 30.3 Å². The Morgan fingerprint density at radius 1 is 1.15 bits per heavy atom. The number of aromatic amines is 1. The van der Waals surface area contributed by atoms with Gasteiger partial charge < -0.3 is 10.3 Å². The van der Waals surface area contributed by atoms with E-state index in [0.717, 1.165) is 11.9 Å². The van der Waals surface area contributed by atoms with E-state index in [9.17, 15) is 4.79 Å². The second-order valence-corrected chi connectivity index (χ2v) is 6.02. The van der Waals surface area contributed by atoms with Crippen molar-refractivity contribution in [3.63, 3.8) is 0 Å². The summed E-state index contributed by atoms with van der Waals surface area (Å²) in [6.07, 6.45) is 2.75. The number of hydrogen-bond acceptors (Lipinski definition) is 4. The van der Waals surface area contributed by atoms with Crippen LogP contribution in [0.5, 0.6) is 0 Å². The van der Waals surface area contributed by atoms with Crippen LogP contribution < -0.4 is 5.32 Å². The number of rotatable bonds is 5. The Balaban J connectivity index is 1.48. The molecule has 0 aliphatic carbocycles. The number of carbonyl (C=O) groups excluding carboxylic acids is 1. The number of carbonyl (C=O) groups is 1. The highest BCUT2D eigenvalue weighted by atomic mass is 16.1. The Kier molecular flexibility index (Phi) is 4.18. The molecule has 0 atom stereocenters. The predicted molar refractivity (Wildman–Crippen MR) is 98.2 cm³/mol. The van der Waals surface area contributed by atoms with Crippen LogP contribution in [0.4, 0.5) is 0 Å². The Morgan fingerprint density at radius 2 is 1.96 bits per heavy atom. The number of hydrogen-bond donors (Lipinski definition) is 2. The highest BCUT2D eigenvalue weighted by Gasteiger charge is 2.14. The fourth-order valence-electron chi connectivity index (χ4n) is 3.05. The van der Waals surface area contributed by atoms with Gasteiger partial charge in [0.25, 0.3) is 5.91 Å². The molecule has 4 rings (SSSR count). The highest BCUT2D eigenvalue weighted by Crippen LogP contribution is 2.18. The molecule has 0 aliphatic heterocycles. The Bertz CT molecular complexity index is 1060. The molecule has 7 heteroatoms. The maximum absolute atomic E-state index is 12.7. The van der Waals surface area contributed by atoms with Crippen LogP contribution in [0.15, 0.2) is 54.7 Å². The Labute approximate surface area is 150 Å². The number of nitrogens with zero attached hydrogens (tertiary/aromatic N) is 4. The lowest BCUT2D eigenvalue weighted by atomic mass is 10.1. The van der Waals surface area contributed by atoms with Crippen LogP contribution >= 0.6 is 0 Å². The minimum Gasteiger partial charge on any atom is -0.361 e. The van der Waals surface area contributed by atoms with Gasteiger partial charge in [-0.15, -0.1) is 5.10 Å². The molecule has 2 aromatic heterocycles. The van der Waals surface area contributed by atoms with Gasteiger partial charge in [0, 0.05) is 23.6 Å². The smallest absolute Gasteiger partial charge is 0.253 e. The van der Waals surface area contributed by atoms with E-state index in [1.807, 2.05) is 42.6 Å². The maximum atomic E-state index is 12.7. The van der Waals surface area contributed by atoms with E-state index in [1.165, 1.54) is 10.9 Å². The van der Waals surface area contributed by atoms with Gasteiger partial charge in [0.15, 0.2) is 5.82 Å². The number of H-pyrrole nitrogens is 1. The topological polar surface area (TPSA) is 88.5 Å². The summed E-state index contributed by atoms with van der Waals surface area (Å²) in [7, 11) is 0. The zero-order valence-electron chi connectivity index (χ0n) is 14.3. The normalized spacial score (nSPS) is 11.0. The molecule has 2 aromatic carbocycles. The number of nitrogens with one attached hydrogen (secondary N) is 2. The molecule has 4 aromatic rings. The van der Waals surface area contributed by atoms with E-state index in [4.69, 9.17) is 0 Å². The molecule has 0 aliphatic rings. The summed E-state index contributed by atoms with van der Waals surface area (Å²) in [5, 5.41) is 15.7. The van der Waals surface area contributed by atoms with Gasteiger partial charge in [-0.25, -0.2) is 0 Å². The van der Waals surface area contributed by atoms with Gasteiger partial charge in [0.1, 0.15) is 0 Å². The van der Waals surface area contributed by atoms with Crippen molar-refractivity contribution in [1.82, 2.24) is 30.5 Å². The molecule has 0 bridgehead atoms. The molecule has 0 radical (unpaired) electrons. The monoisotopic (exact) mass is 346 g/mol. The Morgan fingerprint density at radius 3 is 2.81 bits per heavy atom. The molecule has 1 amide bonds. The van der Waals surface area contributed by atoms with E-state index in [1.54, 1.807) is 17.7 Å². The first-order valence-electron chi connectivity index (χ1n) is 8.41. The lowest BCUT2D eigenvalue weighted by Gasteiger charge is -2.10. The average molecular weight is 346 g/mol. The molecule has 0 fully saturated rings. The van der Waals surface area contributed by atoms with Crippen LogP contribution in [0, 0.1) is 6.92 Å². The van der Waals surface area contributed by atoms with E-state index < -0.39 is 0 Å². The van der Waals surface area contributed by atoms with E-state index in [2.05, 4.69) is 31.9 Å². The summed E-state index contributed by atoms with van der Waals surface area (Å²) in [5.41, 5.74) is 3.50. The number of fused-ring (bicyclic) bond motifs is 1. The summed E-state index contributed by atoms with van der Waals surface area (Å²) >= 11 is 0. The van der Waals surface area contributed by atoms with Crippen molar-refractivity contribution >= 4 is 16.8 Å². The third kappa shape index (κ3) is 2.95. The minimum atomic E-state index is -0.143. The van der Waals surface area contributed by atoms with Gasteiger partial charge in [-0.05, 0) is 47.5 Å². The largest absolute Gasteiger partial charge is 0.361 e. The fraction of sp³-hybridized carbons (Fsp3) is 0.158. The van der Waals surface area contributed by atoms with Crippen molar-refractivity contribution in [2.75, 3.05) is 6.54 Å².